The third-order valence-electron chi connectivity index (χ3n) is 22.7. The van der Waals surface area contributed by atoms with Gasteiger partial charge in [0.1, 0.15) is 24.7 Å². The average Bonchev–Trinajstić information content (AvgIpc) is 1.37. The fraction of sp³-hybridized carbons (Fsp3) is 0.760. The highest BCUT2D eigenvalue weighted by molar-refractivity contribution is 5.94. The van der Waals surface area contributed by atoms with E-state index in [4.69, 9.17) is 61.6 Å². The molecular formula is C96H164N14O31. The lowest BCUT2D eigenvalue weighted by molar-refractivity contribution is -0.149. The summed E-state index contributed by atoms with van der Waals surface area (Å²) in [5.74, 6) is -13.4. The van der Waals surface area contributed by atoms with Crippen molar-refractivity contribution in [2.45, 2.75) is 208 Å². The molecule has 1 aromatic carbocycles. The number of alkyl carbamates (subject to hydrolysis) is 1. The number of Topliss-reactive ketones (excluding diaryl/α,β-unsaturated/α-hetero) is 2. The molecule has 0 radical (unpaired) electrons. The molecule has 13 amide bonds. The Kier molecular flexibility index (Phi) is 66.6. The van der Waals surface area contributed by atoms with E-state index in [-0.39, 0.29) is 157 Å². The van der Waals surface area contributed by atoms with Crippen LogP contribution in [0.1, 0.15) is 159 Å². The number of likely N-dealkylation sites (N-methyl/N-ethyl adjacent to an activating group) is 2. The van der Waals surface area contributed by atoms with Gasteiger partial charge in [-0.3, -0.25) is 72.0 Å². The van der Waals surface area contributed by atoms with Gasteiger partial charge in [0.2, 0.25) is 70.9 Å². The molecule has 1 saturated heterocycles. The smallest absolute Gasteiger partial charge is 0.407 e. The molecule has 3 unspecified atom stereocenters. The standard InChI is InChI=1S/C96H164N14O31/c1-18-66(6)87(109(14)92(124)72(64(2)3)56-76(112)86(65(4)5)108(12)13)77(130-16)57-85(120)110-36-22-26-75(110)88(131-17)67(7)89(121)107-74(54-69-24-20-19-21-25-69)91(123)98-32-23-37-140-94(127)68(8)105-80(115)28-27-73(93(125)126)106-81(116)30-34-100-95(128)141-62-70(90(122)99-35-39-132-42-43-134-46-47-136-50-51-138-53-52-137-49-48-135-45-44-133-41-40-129-15)55-71(111)58-101-82(117)60-103-84(119)61-104-83(118)59-102-78(113)29-33-97-79(114)31-38-139-63-96(9,10)11/h19-21,24-25,64-68,70,72-75,77,86-88H,18,22-23,26-63H2,1-17H3,(H,97,114)(H,98,123)(H,99,122)(H,100,128)(H,101,117)(H,102,113)(H,103,119)(H,104,118)(H,105,115)(H,106,116)(H,107,121)(H,125,126)/t66-,67+,68?,70?,72-,73?,74-,75-,77+,86-,87-,88+/m0/s1. The lowest BCUT2D eigenvalue weighted by atomic mass is 9.83. The number of ketones is 2. The number of amides is 13. The molecule has 1 aliphatic rings. The number of methoxy groups -OCH3 is 3. The van der Waals surface area contributed by atoms with Gasteiger partial charge in [-0.05, 0) is 75.4 Å². The molecular weight excluding hydrogens is 1850 g/mol. The lowest BCUT2D eigenvalue weighted by Crippen LogP contribution is -2.55. The van der Waals surface area contributed by atoms with Crippen molar-refractivity contribution in [1.29, 1.82) is 0 Å². The highest BCUT2D eigenvalue weighted by atomic mass is 16.6. The number of nitrogens with zero attached hydrogens (tertiary/aromatic N) is 3. The number of aliphatic carboxylic acids is 1. The van der Waals surface area contributed by atoms with Crippen LogP contribution in [0.5, 0.6) is 0 Å². The number of hydrogen-bond donors (Lipinski definition) is 12. The Morgan fingerprint density at radius 3 is 1.55 bits per heavy atom. The summed E-state index contributed by atoms with van der Waals surface area (Å²) in [7, 11) is 10.0. The van der Waals surface area contributed by atoms with Gasteiger partial charge in [-0.25, -0.2) is 14.4 Å². The first-order valence-corrected chi connectivity index (χ1v) is 48.6. The second-order valence-corrected chi connectivity index (χ2v) is 36.5. The average molecular weight is 2010 g/mol. The van der Waals surface area contributed by atoms with Crippen molar-refractivity contribution < 1.29 is 148 Å². The van der Waals surface area contributed by atoms with Gasteiger partial charge >= 0.3 is 18.0 Å². The maximum absolute atomic E-state index is 14.7. The van der Waals surface area contributed by atoms with E-state index in [1.165, 1.54) is 21.1 Å². The number of likely N-dealkylation sites (tertiary alicyclic amines) is 1. The molecule has 45 nitrogen and oxygen atoms in total. The molecule has 804 valence electrons. The second-order valence-electron chi connectivity index (χ2n) is 36.5. The molecule has 2 rings (SSSR count). The molecule has 1 aliphatic heterocycles. The quantitative estimate of drug-likeness (QED) is 0.0309. The van der Waals surface area contributed by atoms with Crippen LogP contribution in [0.4, 0.5) is 4.79 Å². The molecule has 12 atom stereocenters. The summed E-state index contributed by atoms with van der Waals surface area (Å²) >= 11 is 0. The number of carbonyl (C=O) groups excluding carboxylic acids is 16. The minimum Gasteiger partial charge on any atom is -0.480 e. The summed E-state index contributed by atoms with van der Waals surface area (Å²) < 4.78 is 71.5. The predicted molar refractivity (Wildman–Crippen MR) is 516 cm³/mol. The van der Waals surface area contributed by atoms with Crippen LogP contribution in [-0.2, 0) is 145 Å². The van der Waals surface area contributed by atoms with Crippen molar-refractivity contribution in [3.63, 3.8) is 0 Å². The number of nitrogens with one attached hydrogen (secondary N) is 11. The van der Waals surface area contributed by atoms with Gasteiger partial charge in [0, 0.05) is 112 Å². The summed E-state index contributed by atoms with van der Waals surface area (Å²) in [6.07, 6.45) is -2.80. The van der Waals surface area contributed by atoms with E-state index in [2.05, 4.69) is 58.5 Å². The van der Waals surface area contributed by atoms with Crippen LogP contribution in [-0.4, -0.2) is 396 Å². The summed E-state index contributed by atoms with van der Waals surface area (Å²) in [4.78, 5) is 230. The normalized spacial score (nSPS) is 14.9. The summed E-state index contributed by atoms with van der Waals surface area (Å²) in [6.45, 7) is 23.1. The third-order valence-corrected chi connectivity index (χ3v) is 22.7. The minimum atomic E-state index is -1.62. The number of carboxylic acids is 1. The first-order chi connectivity index (χ1) is 67.1. The fourth-order valence-electron chi connectivity index (χ4n) is 15.0. The number of rotatable bonds is 80. The third kappa shape index (κ3) is 56.5. The maximum atomic E-state index is 14.7. The van der Waals surface area contributed by atoms with Crippen LogP contribution < -0.4 is 58.5 Å². The van der Waals surface area contributed by atoms with Gasteiger partial charge in [0.05, 0.1) is 194 Å². The Morgan fingerprint density at radius 1 is 0.496 bits per heavy atom. The van der Waals surface area contributed by atoms with E-state index in [9.17, 15) is 86.6 Å². The van der Waals surface area contributed by atoms with E-state index in [0.717, 1.165) is 5.56 Å². The predicted octanol–water partition coefficient (Wildman–Crippen LogP) is 0.350. The van der Waals surface area contributed by atoms with Crippen LogP contribution in [0.3, 0.4) is 0 Å². The summed E-state index contributed by atoms with van der Waals surface area (Å²) in [5, 5.41) is 37.1. The molecule has 45 heteroatoms. The Balaban J connectivity index is 1.96. The Bertz CT molecular complexity index is 3890. The first kappa shape index (κ1) is 127. The van der Waals surface area contributed by atoms with E-state index >= 15 is 0 Å². The van der Waals surface area contributed by atoms with Crippen LogP contribution in [0.2, 0.25) is 0 Å². The van der Waals surface area contributed by atoms with E-state index in [1.54, 1.807) is 55.1 Å². The van der Waals surface area contributed by atoms with E-state index in [1.807, 2.05) is 87.4 Å². The molecule has 1 aromatic rings. The van der Waals surface area contributed by atoms with Gasteiger partial charge in [-0.1, -0.05) is 106 Å². The molecule has 0 bridgehead atoms. The fourth-order valence-corrected chi connectivity index (χ4v) is 15.0. The Labute approximate surface area is 830 Å². The molecule has 12 N–H and O–H groups in total. The molecule has 1 fully saturated rings. The molecule has 0 saturated carbocycles. The number of benzene rings is 1. The van der Waals surface area contributed by atoms with Crippen molar-refractivity contribution in [2.75, 3.05) is 227 Å². The largest absolute Gasteiger partial charge is 0.480 e. The van der Waals surface area contributed by atoms with Crippen molar-refractivity contribution in [3.8, 4) is 0 Å². The zero-order chi connectivity index (χ0) is 105. The summed E-state index contributed by atoms with van der Waals surface area (Å²) in [5.41, 5.74) is 0.673. The molecule has 0 aromatic heterocycles. The van der Waals surface area contributed by atoms with Crippen molar-refractivity contribution >= 4 is 100 Å². The van der Waals surface area contributed by atoms with Crippen LogP contribution in [0.25, 0.3) is 0 Å². The topological polar surface area (TPSA) is 572 Å². The summed E-state index contributed by atoms with van der Waals surface area (Å²) in [6, 6.07) is 3.60. The molecule has 0 spiro atoms. The minimum absolute atomic E-state index is 0.0110. The van der Waals surface area contributed by atoms with E-state index in [0.29, 0.717) is 98.5 Å². The zero-order valence-corrected chi connectivity index (χ0v) is 86.0. The number of esters is 1. The molecule has 0 aliphatic carbocycles. The number of ether oxygens (including phenoxy) is 13. The molecule has 1 heterocycles. The SMILES string of the molecule is CC[C@H](C)[C@@H]([C@@H](CC(=O)N1CCC[C@H]1[C@H](OC)[C@@H](C)C(=O)N[C@@H](Cc1ccccc1)C(=O)NCCCOC(=O)C(C)NC(=O)CCC(NC(=O)CCNC(=O)OCC(CC(=O)CNC(=O)CNC(=O)CNC(=O)CNC(=O)CCNC(=O)CCOCC(C)(C)C)C(=O)NCCOCCOCCOCCOCCOCCOCCOCCOC)C(=O)O)OC)N(C)C(=O)[C@@H](CC(=O)[C@H](C(C)C)N(C)C)C(C)C. The van der Waals surface area contributed by atoms with Gasteiger partial charge in [-0.2, -0.15) is 0 Å². The lowest BCUT2D eigenvalue weighted by Gasteiger charge is -2.41. The highest BCUT2D eigenvalue weighted by Gasteiger charge is 2.44. The van der Waals surface area contributed by atoms with Gasteiger partial charge in [0.15, 0.2) is 11.6 Å². The molecule has 141 heavy (non-hydrogen) atoms. The van der Waals surface area contributed by atoms with Gasteiger partial charge in [0.25, 0.3) is 0 Å². The Hall–Kier alpha value is -10.1. The van der Waals surface area contributed by atoms with Crippen LogP contribution >= 0.6 is 0 Å². The first-order valence-electron chi connectivity index (χ1n) is 48.6. The zero-order valence-electron chi connectivity index (χ0n) is 86.0. The second kappa shape index (κ2) is 73.9. The Morgan fingerprint density at radius 2 is 1.02 bits per heavy atom. The van der Waals surface area contributed by atoms with Gasteiger partial charge < -0.3 is 135 Å². The van der Waals surface area contributed by atoms with Gasteiger partial charge in [-0.15, -0.1) is 0 Å². The van der Waals surface area contributed by atoms with Crippen molar-refractivity contribution in [2.24, 2.45) is 40.9 Å². The number of hydrogen-bond acceptors (Lipinski definition) is 31. The van der Waals surface area contributed by atoms with Crippen LogP contribution in [0.15, 0.2) is 30.3 Å². The van der Waals surface area contributed by atoms with Crippen molar-refractivity contribution in [1.82, 2.24) is 73.2 Å². The van der Waals surface area contributed by atoms with Crippen LogP contribution in [0, 0.1) is 40.9 Å². The van der Waals surface area contributed by atoms with Crippen molar-refractivity contribution in [3.05, 3.63) is 35.9 Å². The maximum Gasteiger partial charge on any atom is 0.407 e. The monoisotopic (exact) mass is 2010 g/mol. The number of carboxylic acid groups (broad SMARTS) is 1. The number of carbonyl (C=O) groups is 17. The van der Waals surface area contributed by atoms with E-state index < -0.39 is 202 Å². The highest BCUT2D eigenvalue weighted by Crippen LogP contribution is 2.32.